The summed E-state index contributed by atoms with van der Waals surface area (Å²) in [7, 11) is 0. The average Bonchev–Trinajstić information content (AvgIpc) is 2.79. The molecule has 0 saturated carbocycles. The number of rotatable bonds is 8. The van der Waals surface area contributed by atoms with Crippen LogP contribution in [0.5, 0.6) is 11.5 Å². The van der Waals surface area contributed by atoms with Crippen LogP contribution in [0.3, 0.4) is 0 Å². The van der Waals surface area contributed by atoms with Gasteiger partial charge in [0.1, 0.15) is 23.9 Å². The van der Waals surface area contributed by atoms with E-state index in [1.54, 1.807) is 36.4 Å². The van der Waals surface area contributed by atoms with Gasteiger partial charge >= 0.3 is 0 Å². The Labute approximate surface area is 180 Å². The number of halogens is 1. The maximum Gasteiger partial charge on any atom is 0.269 e. The van der Waals surface area contributed by atoms with Gasteiger partial charge in [0.25, 0.3) is 5.91 Å². The highest BCUT2D eigenvalue weighted by Crippen LogP contribution is 2.18. The third-order valence-electron chi connectivity index (χ3n) is 4.38. The van der Waals surface area contributed by atoms with E-state index >= 15 is 0 Å². The maximum atomic E-state index is 13.6. The molecule has 2 amide bonds. The Balaban J connectivity index is 1.46. The molecule has 2 N–H and O–H groups in total. The van der Waals surface area contributed by atoms with E-state index in [0.717, 1.165) is 11.3 Å². The highest BCUT2D eigenvalue weighted by atomic mass is 19.1. The summed E-state index contributed by atoms with van der Waals surface area (Å²) in [4.78, 5) is 24.1. The summed E-state index contributed by atoms with van der Waals surface area (Å²) >= 11 is 0. The Hall–Kier alpha value is -3.87. The standard InChI is InChI=1S/C24H23FN2O4/c1-2-30-20-11-13-21(14-12-20)31-16-17-7-9-18(10-8-17)24(29)27-26-23(28)15-19-5-3-4-6-22(19)25/h3-14H,2,15-16H2,1H3,(H,26,28)(H,27,29). The van der Waals surface area contributed by atoms with Crippen molar-refractivity contribution in [3.05, 3.63) is 95.3 Å². The van der Waals surface area contributed by atoms with Crippen LogP contribution in [0.15, 0.2) is 72.8 Å². The van der Waals surface area contributed by atoms with Crippen LogP contribution in [0.25, 0.3) is 0 Å². The van der Waals surface area contributed by atoms with Crippen LogP contribution >= 0.6 is 0 Å². The fraction of sp³-hybridized carbons (Fsp3) is 0.167. The van der Waals surface area contributed by atoms with E-state index in [4.69, 9.17) is 9.47 Å². The van der Waals surface area contributed by atoms with Crippen LogP contribution in [0.4, 0.5) is 4.39 Å². The second kappa shape index (κ2) is 10.8. The van der Waals surface area contributed by atoms with Gasteiger partial charge < -0.3 is 9.47 Å². The topological polar surface area (TPSA) is 76.7 Å². The van der Waals surface area contributed by atoms with Gasteiger partial charge in [-0.05, 0) is 60.5 Å². The maximum absolute atomic E-state index is 13.6. The van der Waals surface area contributed by atoms with Gasteiger partial charge in [-0.1, -0.05) is 30.3 Å². The van der Waals surface area contributed by atoms with Crippen molar-refractivity contribution in [1.82, 2.24) is 10.9 Å². The highest BCUT2D eigenvalue weighted by molar-refractivity contribution is 5.95. The Morgan fingerprint density at radius 1 is 0.839 bits per heavy atom. The molecule has 7 heteroatoms. The zero-order valence-electron chi connectivity index (χ0n) is 17.1. The molecule has 0 saturated heterocycles. The van der Waals surface area contributed by atoms with Crippen molar-refractivity contribution in [3.8, 4) is 11.5 Å². The van der Waals surface area contributed by atoms with Gasteiger partial charge in [0.15, 0.2) is 0 Å². The van der Waals surface area contributed by atoms with Gasteiger partial charge in [-0.15, -0.1) is 0 Å². The van der Waals surface area contributed by atoms with Crippen LogP contribution in [0.2, 0.25) is 0 Å². The van der Waals surface area contributed by atoms with Crippen LogP contribution in [0, 0.1) is 5.82 Å². The van der Waals surface area contributed by atoms with Gasteiger partial charge in [0, 0.05) is 5.56 Å². The monoisotopic (exact) mass is 422 g/mol. The molecule has 0 radical (unpaired) electrons. The molecule has 31 heavy (non-hydrogen) atoms. The number of hydrogen-bond acceptors (Lipinski definition) is 4. The summed E-state index contributed by atoms with van der Waals surface area (Å²) in [6, 6.07) is 20.1. The molecule has 0 fully saturated rings. The fourth-order valence-corrected chi connectivity index (χ4v) is 2.78. The lowest BCUT2D eigenvalue weighted by Gasteiger charge is -2.10. The smallest absolute Gasteiger partial charge is 0.269 e. The van der Waals surface area contributed by atoms with Crippen molar-refractivity contribution >= 4 is 11.8 Å². The minimum absolute atomic E-state index is 0.172. The van der Waals surface area contributed by atoms with E-state index in [2.05, 4.69) is 10.9 Å². The highest BCUT2D eigenvalue weighted by Gasteiger charge is 2.10. The molecule has 0 unspecified atom stereocenters. The van der Waals surface area contributed by atoms with Gasteiger partial charge in [-0.2, -0.15) is 0 Å². The predicted octanol–water partition coefficient (Wildman–Crippen LogP) is 3.81. The van der Waals surface area contributed by atoms with Crippen molar-refractivity contribution < 1.29 is 23.5 Å². The Bertz CT molecular complexity index is 1020. The van der Waals surface area contributed by atoms with Gasteiger partial charge in [-0.3, -0.25) is 20.4 Å². The largest absolute Gasteiger partial charge is 0.494 e. The molecular weight excluding hydrogens is 399 g/mol. The summed E-state index contributed by atoms with van der Waals surface area (Å²) in [6.45, 7) is 2.87. The summed E-state index contributed by atoms with van der Waals surface area (Å²) in [5, 5.41) is 0. The molecule has 0 atom stereocenters. The minimum atomic E-state index is -0.515. The number of carbonyl (C=O) groups excluding carboxylic acids is 2. The second-order valence-corrected chi connectivity index (χ2v) is 6.66. The normalized spacial score (nSPS) is 10.3. The van der Waals surface area contributed by atoms with E-state index in [1.165, 1.54) is 12.1 Å². The molecule has 160 valence electrons. The van der Waals surface area contributed by atoms with E-state index in [-0.39, 0.29) is 12.0 Å². The first kappa shape index (κ1) is 21.8. The SMILES string of the molecule is CCOc1ccc(OCc2ccc(C(=O)NNC(=O)Cc3ccccc3F)cc2)cc1. The molecule has 0 aliphatic carbocycles. The molecule has 0 bridgehead atoms. The van der Waals surface area contributed by atoms with E-state index in [0.29, 0.717) is 24.5 Å². The third kappa shape index (κ3) is 6.57. The van der Waals surface area contributed by atoms with Crippen LogP contribution in [-0.2, 0) is 17.8 Å². The molecule has 0 aliphatic rings. The van der Waals surface area contributed by atoms with Crippen molar-refractivity contribution in [2.75, 3.05) is 6.61 Å². The minimum Gasteiger partial charge on any atom is -0.494 e. The lowest BCUT2D eigenvalue weighted by Crippen LogP contribution is -2.42. The number of ether oxygens (including phenoxy) is 2. The lowest BCUT2D eigenvalue weighted by atomic mass is 10.1. The molecule has 3 aromatic rings. The Morgan fingerprint density at radius 2 is 1.48 bits per heavy atom. The van der Waals surface area contributed by atoms with Crippen molar-refractivity contribution in [1.29, 1.82) is 0 Å². The van der Waals surface area contributed by atoms with E-state index < -0.39 is 17.6 Å². The molecule has 6 nitrogen and oxygen atoms in total. The Kier molecular flexibility index (Phi) is 7.59. The summed E-state index contributed by atoms with van der Waals surface area (Å²) < 4.78 is 24.7. The molecule has 3 aromatic carbocycles. The summed E-state index contributed by atoms with van der Waals surface area (Å²) in [6.07, 6.45) is -0.172. The Morgan fingerprint density at radius 3 is 2.13 bits per heavy atom. The fourth-order valence-electron chi connectivity index (χ4n) is 2.78. The molecular formula is C24H23FN2O4. The first-order chi connectivity index (χ1) is 15.0. The third-order valence-corrected chi connectivity index (χ3v) is 4.38. The van der Waals surface area contributed by atoms with Crippen LogP contribution in [-0.4, -0.2) is 18.4 Å². The molecule has 0 heterocycles. The van der Waals surface area contributed by atoms with Crippen molar-refractivity contribution in [2.24, 2.45) is 0 Å². The zero-order chi connectivity index (χ0) is 22.1. The number of hydrazine groups is 1. The number of amides is 2. The average molecular weight is 422 g/mol. The molecule has 0 spiro atoms. The number of benzene rings is 3. The van der Waals surface area contributed by atoms with Crippen molar-refractivity contribution in [3.63, 3.8) is 0 Å². The zero-order valence-corrected chi connectivity index (χ0v) is 17.1. The lowest BCUT2D eigenvalue weighted by molar-refractivity contribution is -0.121. The predicted molar refractivity (Wildman–Crippen MR) is 114 cm³/mol. The molecule has 0 aliphatic heterocycles. The van der Waals surface area contributed by atoms with Gasteiger partial charge in [0.2, 0.25) is 5.91 Å². The first-order valence-electron chi connectivity index (χ1n) is 9.82. The second-order valence-electron chi connectivity index (χ2n) is 6.66. The van der Waals surface area contributed by atoms with Crippen molar-refractivity contribution in [2.45, 2.75) is 20.0 Å². The number of hydrogen-bond donors (Lipinski definition) is 2. The first-order valence-corrected chi connectivity index (χ1v) is 9.82. The molecule has 3 rings (SSSR count). The summed E-state index contributed by atoms with van der Waals surface area (Å²) in [5.74, 6) is 0.0424. The van der Waals surface area contributed by atoms with Gasteiger partial charge in [-0.25, -0.2) is 4.39 Å². The number of carbonyl (C=O) groups is 2. The quantitative estimate of drug-likeness (QED) is 0.542. The molecule has 0 aromatic heterocycles. The van der Waals surface area contributed by atoms with E-state index in [1.807, 2.05) is 31.2 Å². The van der Waals surface area contributed by atoms with Crippen LogP contribution in [0.1, 0.15) is 28.4 Å². The van der Waals surface area contributed by atoms with E-state index in [9.17, 15) is 14.0 Å². The van der Waals surface area contributed by atoms with Crippen LogP contribution < -0.4 is 20.3 Å². The number of nitrogens with one attached hydrogen (secondary N) is 2. The van der Waals surface area contributed by atoms with Gasteiger partial charge in [0.05, 0.1) is 13.0 Å². The summed E-state index contributed by atoms with van der Waals surface area (Å²) in [5.41, 5.74) is 6.13.